The van der Waals surface area contributed by atoms with E-state index in [1.54, 1.807) is 18.2 Å². The lowest BCUT2D eigenvalue weighted by Gasteiger charge is -2.15. The van der Waals surface area contributed by atoms with Crippen molar-refractivity contribution in [2.45, 2.75) is 0 Å². The van der Waals surface area contributed by atoms with Gasteiger partial charge in [-0.05, 0) is 12.1 Å². The summed E-state index contributed by atoms with van der Waals surface area (Å²) in [5.74, 6) is 1.53. The number of nitrogens with one attached hydrogen (secondary N) is 1. The lowest BCUT2D eigenvalue weighted by Crippen LogP contribution is -2.37. The minimum atomic E-state index is -3.43. The van der Waals surface area contributed by atoms with Gasteiger partial charge < -0.3 is 14.2 Å². The van der Waals surface area contributed by atoms with E-state index in [1.165, 1.54) is 28.3 Å². The first kappa shape index (κ1) is 16.5. The van der Waals surface area contributed by atoms with Crippen LogP contribution in [-0.2, 0) is 10.2 Å². The first-order valence-corrected chi connectivity index (χ1v) is 7.37. The third kappa shape index (κ3) is 4.26. The maximum Gasteiger partial charge on any atom is 0.279 e. The Balaban J connectivity index is 2.59. The van der Waals surface area contributed by atoms with Crippen LogP contribution in [0.2, 0.25) is 0 Å². The molecule has 0 aliphatic rings. The average molecular weight is 304 g/mol. The van der Waals surface area contributed by atoms with Gasteiger partial charge in [0, 0.05) is 20.6 Å². The highest BCUT2D eigenvalue weighted by atomic mass is 32.2. The Bertz CT molecular complexity index is 531. The number of para-hydroxylation sites is 1. The first-order chi connectivity index (χ1) is 9.42. The van der Waals surface area contributed by atoms with E-state index in [-0.39, 0.29) is 13.2 Å². The Hall–Kier alpha value is -1.51. The zero-order valence-corrected chi connectivity index (χ0v) is 12.9. The monoisotopic (exact) mass is 304 g/mol. The molecule has 7 nitrogen and oxygen atoms in total. The summed E-state index contributed by atoms with van der Waals surface area (Å²) >= 11 is 0. The largest absolute Gasteiger partial charge is 0.493 e. The number of hydrogen-bond donors (Lipinski definition) is 1. The molecule has 0 aliphatic carbocycles. The van der Waals surface area contributed by atoms with Crippen LogP contribution >= 0.6 is 0 Å². The van der Waals surface area contributed by atoms with Crippen LogP contribution < -0.4 is 18.9 Å². The second-order valence-electron chi connectivity index (χ2n) is 4.02. The minimum absolute atomic E-state index is 0.154. The highest BCUT2D eigenvalue weighted by Crippen LogP contribution is 2.36. The smallest absolute Gasteiger partial charge is 0.279 e. The van der Waals surface area contributed by atoms with Crippen LogP contribution in [0.5, 0.6) is 17.2 Å². The van der Waals surface area contributed by atoms with Crippen LogP contribution in [0, 0.1) is 0 Å². The van der Waals surface area contributed by atoms with Crippen molar-refractivity contribution in [1.82, 2.24) is 9.03 Å². The van der Waals surface area contributed by atoms with E-state index in [2.05, 4.69) is 4.72 Å². The van der Waals surface area contributed by atoms with Crippen LogP contribution in [0.25, 0.3) is 0 Å². The molecule has 114 valence electrons. The van der Waals surface area contributed by atoms with Gasteiger partial charge in [-0.15, -0.1) is 0 Å². The van der Waals surface area contributed by atoms with Gasteiger partial charge in [0.15, 0.2) is 11.5 Å². The van der Waals surface area contributed by atoms with Crippen LogP contribution in [-0.4, -0.2) is 54.2 Å². The van der Waals surface area contributed by atoms with E-state index in [9.17, 15) is 8.42 Å². The SMILES string of the molecule is COc1cccc(OCCNS(=O)(=O)N(C)C)c1OC. The van der Waals surface area contributed by atoms with Gasteiger partial charge in [-0.2, -0.15) is 17.4 Å². The average Bonchev–Trinajstić information content (AvgIpc) is 2.42. The van der Waals surface area contributed by atoms with Gasteiger partial charge in [-0.1, -0.05) is 6.07 Å². The Morgan fingerprint density at radius 3 is 2.35 bits per heavy atom. The van der Waals surface area contributed by atoms with Crippen molar-refractivity contribution >= 4 is 10.2 Å². The highest BCUT2D eigenvalue weighted by molar-refractivity contribution is 7.87. The number of nitrogens with zero attached hydrogens (tertiary/aromatic N) is 1. The van der Waals surface area contributed by atoms with Gasteiger partial charge in [-0.25, -0.2) is 0 Å². The fourth-order valence-electron chi connectivity index (χ4n) is 1.43. The third-order valence-electron chi connectivity index (χ3n) is 2.49. The first-order valence-electron chi connectivity index (χ1n) is 5.93. The van der Waals surface area contributed by atoms with Gasteiger partial charge >= 0.3 is 0 Å². The van der Waals surface area contributed by atoms with Crippen molar-refractivity contribution in [3.05, 3.63) is 18.2 Å². The van der Waals surface area contributed by atoms with E-state index in [0.717, 1.165) is 4.31 Å². The maximum atomic E-state index is 11.5. The van der Waals surface area contributed by atoms with Gasteiger partial charge in [0.25, 0.3) is 10.2 Å². The molecule has 0 aromatic heterocycles. The Morgan fingerprint density at radius 2 is 1.80 bits per heavy atom. The van der Waals surface area contributed by atoms with Crippen LogP contribution in [0.4, 0.5) is 0 Å². The zero-order chi connectivity index (χ0) is 15.2. The van der Waals surface area contributed by atoms with Gasteiger partial charge in [0.2, 0.25) is 5.75 Å². The van der Waals surface area contributed by atoms with Gasteiger partial charge in [-0.3, -0.25) is 0 Å². The number of methoxy groups -OCH3 is 2. The summed E-state index contributed by atoms with van der Waals surface area (Å²) in [5, 5.41) is 0. The molecule has 1 aromatic rings. The van der Waals surface area contributed by atoms with Crippen molar-refractivity contribution < 1.29 is 22.6 Å². The van der Waals surface area contributed by atoms with Gasteiger partial charge in [0.05, 0.1) is 14.2 Å². The van der Waals surface area contributed by atoms with E-state index in [4.69, 9.17) is 14.2 Å². The summed E-state index contributed by atoms with van der Waals surface area (Å²) < 4.78 is 42.3. The van der Waals surface area contributed by atoms with E-state index in [1.807, 2.05) is 0 Å². The number of hydrogen-bond acceptors (Lipinski definition) is 5. The fourth-order valence-corrected chi connectivity index (χ4v) is 2.03. The second kappa shape index (κ2) is 7.32. The summed E-state index contributed by atoms with van der Waals surface area (Å²) in [4.78, 5) is 0. The van der Waals surface area contributed by atoms with Crippen LogP contribution in [0.3, 0.4) is 0 Å². The molecule has 0 saturated heterocycles. The predicted molar refractivity (Wildman–Crippen MR) is 75.7 cm³/mol. The number of rotatable bonds is 8. The molecule has 0 bridgehead atoms. The summed E-state index contributed by atoms with van der Waals surface area (Å²) in [5.41, 5.74) is 0. The predicted octanol–water partition coefficient (Wildman–Crippen LogP) is 0.479. The molecule has 20 heavy (non-hydrogen) atoms. The molecule has 0 atom stereocenters. The Labute approximate surface area is 119 Å². The molecule has 0 amide bonds. The van der Waals surface area contributed by atoms with Crippen LogP contribution in [0.1, 0.15) is 0 Å². The van der Waals surface area contributed by atoms with Crippen molar-refractivity contribution in [3.63, 3.8) is 0 Å². The number of benzene rings is 1. The van der Waals surface area contributed by atoms with E-state index < -0.39 is 10.2 Å². The lowest BCUT2D eigenvalue weighted by atomic mass is 10.3. The van der Waals surface area contributed by atoms with Crippen molar-refractivity contribution in [2.75, 3.05) is 41.5 Å². The van der Waals surface area contributed by atoms with Crippen molar-refractivity contribution in [2.24, 2.45) is 0 Å². The Morgan fingerprint density at radius 1 is 1.15 bits per heavy atom. The molecule has 0 saturated carbocycles. The van der Waals surface area contributed by atoms with Crippen molar-refractivity contribution in [3.8, 4) is 17.2 Å². The molecule has 0 aliphatic heterocycles. The second-order valence-corrected chi connectivity index (χ2v) is 5.99. The molecule has 1 rings (SSSR count). The lowest BCUT2D eigenvalue weighted by molar-refractivity contribution is 0.287. The summed E-state index contributed by atoms with van der Waals surface area (Å²) in [6, 6.07) is 5.24. The Kier molecular flexibility index (Phi) is 6.05. The minimum Gasteiger partial charge on any atom is -0.493 e. The quantitative estimate of drug-likeness (QED) is 0.707. The van der Waals surface area contributed by atoms with Crippen LogP contribution in [0.15, 0.2) is 18.2 Å². The molecular formula is C12H20N2O5S. The molecule has 0 heterocycles. The topological polar surface area (TPSA) is 77.1 Å². The molecule has 0 spiro atoms. The fraction of sp³-hybridized carbons (Fsp3) is 0.500. The summed E-state index contributed by atoms with van der Waals surface area (Å²) in [6.45, 7) is 0.331. The molecule has 0 fully saturated rings. The molecule has 0 unspecified atom stereocenters. The highest BCUT2D eigenvalue weighted by Gasteiger charge is 2.13. The molecule has 1 N–H and O–H groups in total. The molecule has 1 aromatic carbocycles. The third-order valence-corrected chi connectivity index (χ3v) is 4.02. The molecule has 0 radical (unpaired) electrons. The van der Waals surface area contributed by atoms with Crippen molar-refractivity contribution in [1.29, 1.82) is 0 Å². The molecule has 8 heteroatoms. The maximum absolute atomic E-state index is 11.5. The summed E-state index contributed by atoms with van der Waals surface area (Å²) in [7, 11) is 2.52. The van der Waals surface area contributed by atoms with E-state index in [0.29, 0.717) is 17.2 Å². The summed E-state index contributed by atoms with van der Waals surface area (Å²) in [6.07, 6.45) is 0. The molecular weight excluding hydrogens is 284 g/mol. The van der Waals surface area contributed by atoms with E-state index >= 15 is 0 Å². The normalized spacial score (nSPS) is 11.4. The standard InChI is InChI=1S/C12H20N2O5S/c1-14(2)20(15,16)13-8-9-19-11-7-5-6-10(17-3)12(11)18-4/h5-7,13H,8-9H2,1-4H3. The zero-order valence-electron chi connectivity index (χ0n) is 12.0. The van der Waals surface area contributed by atoms with Gasteiger partial charge in [0.1, 0.15) is 6.61 Å². The number of ether oxygens (including phenoxy) is 3.